The molecule has 3 rings (SSSR count). The van der Waals surface area contributed by atoms with Crippen LogP contribution in [-0.4, -0.2) is 41.5 Å². The fourth-order valence-corrected chi connectivity index (χ4v) is 5.03. The monoisotopic (exact) mass is 430 g/mol. The molecule has 0 saturated carbocycles. The molecule has 0 spiro atoms. The van der Waals surface area contributed by atoms with Gasteiger partial charge in [-0.2, -0.15) is 22.6 Å². The number of amides is 1. The van der Waals surface area contributed by atoms with Crippen LogP contribution < -0.4 is 5.32 Å². The van der Waals surface area contributed by atoms with E-state index in [1.807, 2.05) is 0 Å². The summed E-state index contributed by atoms with van der Waals surface area (Å²) < 4.78 is 67.5. The fourth-order valence-electron chi connectivity index (χ4n) is 3.26. The van der Waals surface area contributed by atoms with Gasteiger partial charge in [0.05, 0.1) is 10.5 Å². The Morgan fingerprint density at radius 2 is 1.83 bits per heavy atom. The molecule has 2 heterocycles. The first-order chi connectivity index (χ1) is 13.5. The van der Waals surface area contributed by atoms with Gasteiger partial charge in [0, 0.05) is 32.0 Å². The van der Waals surface area contributed by atoms with Crippen LogP contribution in [0.1, 0.15) is 40.9 Å². The van der Waals surface area contributed by atoms with E-state index in [0.717, 1.165) is 30.1 Å². The largest absolute Gasteiger partial charge is 0.435 e. The zero-order valence-corrected chi connectivity index (χ0v) is 16.8. The van der Waals surface area contributed by atoms with Crippen molar-refractivity contribution in [3.8, 4) is 0 Å². The molecule has 2 aromatic rings. The molecule has 11 heteroatoms. The standard InChI is InChI=1S/C18H21F3N4O3S/c1-12-6-7-13(10-15(12)29(27,28)25-8-4-3-5-9-25)22-17(26)14-11-24(2)23-16(14)18(19,20)21/h6-7,10-11H,3-5,8-9H2,1-2H3,(H,22,26). The average Bonchev–Trinajstić information content (AvgIpc) is 3.06. The number of aromatic nitrogens is 2. The number of benzene rings is 1. The van der Waals surface area contributed by atoms with Crippen molar-refractivity contribution in [1.29, 1.82) is 0 Å². The molecule has 29 heavy (non-hydrogen) atoms. The Labute approximate surface area is 166 Å². The first-order valence-corrected chi connectivity index (χ1v) is 10.5. The van der Waals surface area contributed by atoms with Crippen LogP contribution in [0.5, 0.6) is 0 Å². The normalized spacial score (nSPS) is 16.0. The number of carbonyl (C=O) groups is 1. The Morgan fingerprint density at radius 1 is 1.17 bits per heavy atom. The van der Waals surface area contributed by atoms with Gasteiger partial charge < -0.3 is 5.32 Å². The Bertz CT molecular complexity index is 1030. The summed E-state index contributed by atoms with van der Waals surface area (Å²) in [7, 11) is -2.48. The van der Waals surface area contributed by atoms with Crippen molar-refractivity contribution >= 4 is 21.6 Å². The number of nitrogens with zero attached hydrogens (tertiary/aromatic N) is 3. The lowest BCUT2D eigenvalue weighted by molar-refractivity contribution is -0.141. The summed E-state index contributed by atoms with van der Waals surface area (Å²) in [6, 6.07) is 4.24. The molecule has 1 aliphatic rings. The highest BCUT2D eigenvalue weighted by Gasteiger charge is 2.39. The summed E-state index contributed by atoms with van der Waals surface area (Å²) in [6.07, 6.45) is -1.30. The number of nitrogens with one attached hydrogen (secondary N) is 1. The summed E-state index contributed by atoms with van der Waals surface area (Å²) in [4.78, 5) is 12.4. The molecule has 1 aliphatic heterocycles. The van der Waals surface area contributed by atoms with Crippen LogP contribution in [0.3, 0.4) is 0 Å². The van der Waals surface area contributed by atoms with Crippen molar-refractivity contribution < 1.29 is 26.4 Å². The number of aryl methyl sites for hydroxylation is 2. The van der Waals surface area contributed by atoms with Gasteiger partial charge >= 0.3 is 6.18 Å². The highest BCUT2D eigenvalue weighted by molar-refractivity contribution is 7.89. The number of alkyl halides is 3. The number of hydrogen-bond donors (Lipinski definition) is 1. The van der Waals surface area contributed by atoms with Crippen LogP contribution in [0.4, 0.5) is 18.9 Å². The van der Waals surface area contributed by atoms with Crippen LogP contribution in [0.25, 0.3) is 0 Å². The minimum Gasteiger partial charge on any atom is -0.322 e. The molecule has 0 atom stereocenters. The molecule has 0 unspecified atom stereocenters. The van der Waals surface area contributed by atoms with Gasteiger partial charge in [-0.1, -0.05) is 12.5 Å². The number of hydrogen-bond acceptors (Lipinski definition) is 4. The van der Waals surface area contributed by atoms with Gasteiger partial charge in [0.1, 0.15) is 0 Å². The lowest BCUT2D eigenvalue weighted by atomic mass is 10.2. The molecule has 1 aromatic carbocycles. The lowest BCUT2D eigenvalue weighted by Gasteiger charge is -2.26. The first kappa shape index (κ1) is 21.3. The molecule has 1 fully saturated rings. The Balaban J connectivity index is 1.90. The van der Waals surface area contributed by atoms with E-state index in [4.69, 9.17) is 0 Å². The van der Waals surface area contributed by atoms with Gasteiger partial charge in [-0.15, -0.1) is 0 Å². The van der Waals surface area contributed by atoms with E-state index in [1.54, 1.807) is 6.92 Å². The number of halogens is 3. The van der Waals surface area contributed by atoms with Crippen molar-refractivity contribution in [1.82, 2.24) is 14.1 Å². The second-order valence-corrected chi connectivity index (χ2v) is 8.87. The SMILES string of the molecule is Cc1ccc(NC(=O)c2cn(C)nc2C(F)(F)F)cc1S(=O)(=O)N1CCCCC1. The van der Waals surface area contributed by atoms with Crippen molar-refractivity contribution in [2.24, 2.45) is 7.05 Å². The lowest BCUT2D eigenvalue weighted by Crippen LogP contribution is -2.36. The highest BCUT2D eigenvalue weighted by atomic mass is 32.2. The number of sulfonamides is 1. The maximum absolute atomic E-state index is 13.1. The fraction of sp³-hybridized carbons (Fsp3) is 0.444. The Morgan fingerprint density at radius 3 is 2.45 bits per heavy atom. The van der Waals surface area contributed by atoms with Gasteiger partial charge in [0.2, 0.25) is 10.0 Å². The number of carbonyl (C=O) groups excluding carboxylic acids is 1. The van der Waals surface area contributed by atoms with Crippen LogP contribution >= 0.6 is 0 Å². The predicted molar refractivity (Wildman–Crippen MR) is 100.0 cm³/mol. The van der Waals surface area contributed by atoms with E-state index in [2.05, 4.69) is 10.4 Å². The van der Waals surface area contributed by atoms with Gasteiger partial charge in [0.15, 0.2) is 5.69 Å². The Kier molecular flexibility index (Phi) is 5.72. The molecule has 1 aromatic heterocycles. The summed E-state index contributed by atoms with van der Waals surface area (Å²) in [5.41, 5.74) is -1.36. The molecule has 0 aliphatic carbocycles. The molecule has 158 valence electrons. The third-order valence-corrected chi connectivity index (χ3v) is 6.76. The number of anilines is 1. The Hall–Kier alpha value is -2.40. The maximum atomic E-state index is 13.1. The van der Waals surface area contributed by atoms with Crippen molar-refractivity contribution in [2.75, 3.05) is 18.4 Å². The minimum absolute atomic E-state index is 0.0273. The van der Waals surface area contributed by atoms with E-state index in [-0.39, 0.29) is 10.6 Å². The summed E-state index contributed by atoms with van der Waals surface area (Å²) in [6.45, 7) is 2.47. The van der Waals surface area contributed by atoms with Gasteiger partial charge in [-0.25, -0.2) is 8.42 Å². The molecule has 0 bridgehead atoms. The molecule has 1 N–H and O–H groups in total. The first-order valence-electron chi connectivity index (χ1n) is 9.03. The summed E-state index contributed by atoms with van der Waals surface area (Å²) >= 11 is 0. The zero-order chi connectivity index (χ0) is 21.4. The topological polar surface area (TPSA) is 84.3 Å². The van der Waals surface area contributed by atoms with E-state index >= 15 is 0 Å². The van der Waals surface area contributed by atoms with E-state index in [0.29, 0.717) is 18.7 Å². The van der Waals surface area contributed by atoms with E-state index in [1.165, 1.54) is 29.6 Å². The molecule has 1 amide bonds. The van der Waals surface area contributed by atoms with Gasteiger partial charge in [0.25, 0.3) is 5.91 Å². The maximum Gasteiger partial charge on any atom is 0.435 e. The van der Waals surface area contributed by atoms with Crippen LogP contribution in [0.15, 0.2) is 29.3 Å². The van der Waals surface area contributed by atoms with Crippen molar-refractivity contribution in [2.45, 2.75) is 37.3 Å². The van der Waals surface area contributed by atoms with Crippen LogP contribution in [0, 0.1) is 6.92 Å². The zero-order valence-electron chi connectivity index (χ0n) is 16.0. The predicted octanol–water partition coefficient (Wildman–Crippen LogP) is 3.17. The van der Waals surface area contributed by atoms with Gasteiger partial charge in [-0.05, 0) is 37.5 Å². The number of rotatable bonds is 4. The smallest absolute Gasteiger partial charge is 0.322 e. The molecular formula is C18H21F3N4O3S. The third kappa shape index (κ3) is 4.45. The second kappa shape index (κ2) is 7.79. The van der Waals surface area contributed by atoms with E-state index in [9.17, 15) is 26.4 Å². The molecule has 7 nitrogen and oxygen atoms in total. The molecule has 1 saturated heterocycles. The third-order valence-electron chi connectivity index (χ3n) is 4.72. The number of piperidine rings is 1. The van der Waals surface area contributed by atoms with Crippen molar-refractivity contribution in [3.05, 3.63) is 41.2 Å². The molecular weight excluding hydrogens is 409 g/mol. The molecule has 0 radical (unpaired) electrons. The highest BCUT2D eigenvalue weighted by Crippen LogP contribution is 2.31. The van der Waals surface area contributed by atoms with Gasteiger partial charge in [-0.3, -0.25) is 9.48 Å². The van der Waals surface area contributed by atoms with E-state index < -0.39 is 33.4 Å². The van der Waals surface area contributed by atoms with Crippen LogP contribution in [-0.2, 0) is 23.2 Å². The quantitative estimate of drug-likeness (QED) is 0.808. The second-order valence-electron chi connectivity index (χ2n) is 6.96. The summed E-state index contributed by atoms with van der Waals surface area (Å²) in [5.74, 6) is -1.02. The van der Waals surface area contributed by atoms with Crippen molar-refractivity contribution in [3.63, 3.8) is 0 Å². The average molecular weight is 430 g/mol. The summed E-state index contributed by atoms with van der Waals surface area (Å²) in [5, 5.41) is 5.66. The minimum atomic E-state index is -4.79. The van der Waals surface area contributed by atoms with Crippen LogP contribution in [0.2, 0.25) is 0 Å².